The van der Waals surface area contributed by atoms with Crippen molar-refractivity contribution in [3.8, 4) is 5.88 Å². The van der Waals surface area contributed by atoms with Crippen LogP contribution in [-0.4, -0.2) is 71.1 Å². The van der Waals surface area contributed by atoms with Crippen molar-refractivity contribution in [3.63, 3.8) is 0 Å². The Morgan fingerprint density at radius 1 is 1.24 bits per heavy atom. The molecule has 1 atom stereocenters. The van der Waals surface area contributed by atoms with Crippen LogP contribution in [0.2, 0.25) is 0 Å². The van der Waals surface area contributed by atoms with E-state index >= 15 is 0 Å². The van der Waals surface area contributed by atoms with E-state index in [1.165, 1.54) is 10.5 Å². The number of piperidine rings is 1. The van der Waals surface area contributed by atoms with E-state index in [1.54, 1.807) is 12.1 Å². The Morgan fingerprint density at radius 2 is 2.00 bits per heavy atom. The van der Waals surface area contributed by atoms with Gasteiger partial charge < -0.3 is 4.74 Å². The minimum Gasteiger partial charge on any atom is -0.472 e. The lowest BCUT2D eigenvalue weighted by atomic mass is 10.1. The summed E-state index contributed by atoms with van der Waals surface area (Å²) in [6.45, 7) is 0.474. The van der Waals surface area contributed by atoms with Gasteiger partial charge in [-0.2, -0.15) is 9.40 Å². The van der Waals surface area contributed by atoms with Crippen LogP contribution in [0.5, 0.6) is 5.88 Å². The van der Waals surface area contributed by atoms with Crippen molar-refractivity contribution in [2.75, 3.05) is 25.4 Å². The van der Waals surface area contributed by atoms with Crippen molar-refractivity contribution < 1.29 is 22.7 Å². The first-order chi connectivity index (χ1) is 12.0. The zero-order chi connectivity index (χ0) is 17.9. The van der Waals surface area contributed by atoms with E-state index < -0.39 is 10.0 Å². The van der Waals surface area contributed by atoms with Gasteiger partial charge in [-0.1, -0.05) is 0 Å². The molecule has 1 aromatic heterocycles. The first-order valence-electron chi connectivity index (χ1n) is 8.21. The van der Waals surface area contributed by atoms with Crippen LogP contribution >= 0.6 is 0 Å². The van der Waals surface area contributed by atoms with Gasteiger partial charge in [-0.3, -0.25) is 14.5 Å². The van der Waals surface area contributed by atoms with Crippen LogP contribution in [0.4, 0.5) is 0 Å². The van der Waals surface area contributed by atoms with E-state index in [1.807, 2.05) is 0 Å². The Balaban J connectivity index is 1.54. The highest BCUT2D eigenvalue weighted by molar-refractivity contribution is 7.89. The summed E-state index contributed by atoms with van der Waals surface area (Å²) < 4.78 is 31.9. The van der Waals surface area contributed by atoms with Crippen LogP contribution in [0.15, 0.2) is 18.3 Å². The molecular formula is C15H20N4O5S. The lowest BCUT2D eigenvalue weighted by Crippen LogP contribution is -2.44. The summed E-state index contributed by atoms with van der Waals surface area (Å²) in [6, 6.07) is 3.36. The van der Waals surface area contributed by atoms with Gasteiger partial charge in [-0.15, -0.1) is 5.10 Å². The predicted octanol–water partition coefficient (Wildman–Crippen LogP) is -0.201. The zero-order valence-corrected chi connectivity index (χ0v) is 14.5. The number of nitrogens with zero attached hydrogens (tertiary/aromatic N) is 4. The molecule has 10 heteroatoms. The molecule has 1 unspecified atom stereocenters. The molecule has 2 amide bonds. The van der Waals surface area contributed by atoms with Gasteiger partial charge in [-0.25, -0.2) is 8.42 Å². The maximum atomic E-state index is 12.5. The van der Waals surface area contributed by atoms with E-state index in [4.69, 9.17) is 4.74 Å². The molecule has 3 rings (SSSR count). The summed E-state index contributed by atoms with van der Waals surface area (Å²) in [5.74, 6) is -0.493. The molecular weight excluding hydrogens is 348 g/mol. The summed E-state index contributed by atoms with van der Waals surface area (Å²) in [5, 5.41) is 7.54. The number of sulfonamides is 1. The monoisotopic (exact) mass is 368 g/mol. The van der Waals surface area contributed by atoms with Gasteiger partial charge in [0.05, 0.1) is 12.3 Å². The summed E-state index contributed by atoms with van der Waals surface area (Å²) in [7, 11) is -3.56. The summed E-state index contributed by atoms with van der Waals surface area (Å²) in [5.41, 5.74) is 0. The van der Waals surface area contributed by atoms with Crippen molar-refractivity contribution in [1.29, 1.82) is 0 Å². The molecule has 3 heterocycles. The number of likely N-dealkylation sites (tertiary alicyclic amines) is 1. The SMILES string of the molecule is O=C1CCCC(=O)N1CCS(=O)(=O)N1CCC(Oc2cccnn2)C1. The van der Waals surface area contributed by atoms with Gasteiger partial charge in [0.1, 0.15) is 6.10 Å². The van der Waals surface area contributed by atoms with Crippen LogP contribution in [0, 0.1) is 0 Å². The normalized spacial score (nSPS) is 22.4. The highest BCUT2D eigenvalue weighted by Crippen LogP contribution is 2.19. The van der Waals surface area contributed by atoms with Crippen LogP contribution in [-0.2, 0) is 19.6 Å². The Labute approximate surface area is 146 Å². The Bertz CT molecular complexity index is 724. The molecule has 2 fully saturated rings. The third-order valence-electron chi connectivity index (χ3n) is 4.29. The van der Waals surface area contributed by atoms with Crippen molar-refractivity contribution in [1.82, 2.24) is 19.4 Å². The smallest absolute Gasteiger partial charge is 0.233 e. The van der Waals surface area contributed by atoms with E-state index in [-0.39, 0.29) is 36.8 Å². The number of hydrogen-bond acceptors (Lipinski definition) is 7. The van der Waals surface area contributed by atoms with Crippen LogP contribution in [0.25, 0.3) is 0 Å². The Morgan fingerprint density at radius 3 is 2.68 bits per heavy atom. The summed E-state index contributed by atoms with van der Waals surface area (Å²) in [6.07, 6.45) is 2.92. The number of rotatable bonds is 6. The number of aromatic nitrogens is 2. The maximum absolute atomic E-state index is 12.5. The van der Waals surface area contributed by atoms with Gasteiger partial charge in [-0.05, 0) is 18.9 Å². The number of imide groups is 1. The molecule has 2 saturated heterocycles. The maximum Gasteiger partial charge on any atom is 0.233 e. The van der Waals surface area contributed by atoms with E-state index in [2.05, 4.69) is 10.2 Å². The van der Waals surface area contributed by atoms with Crippen molar-refractivity contribution in [2.45, 2.75) is 31.8 Å². The van der Waals surface area contributed by atoms with Crippen molar-refractivity contribution in [3.05, 3.63) is 18.3 Å². The molecule has 2 aliphatic heterocycles. The Kier molecular flexibility index (Phi) is 5.28. The second-order valence-corrected chi connectivity index (χ2v) is 8.15. The molecule has 0 radical (unpaired) electrons. The number of ether oxygens (including phenoxy) is 1. The van der Waals surface area contributed by atoms with E-state index in [0.717, 1.165) is 4.90 Å². The Hall–Kier alpha value is -2.07. The highest BCUT2D eigenvalue weighted by Gasteiger charge is 2.34. The van der Waals surface area contributed by atoms with Gasteiger partial charge in [0.2, 0.25) is 27.7 Å². The topological polar surface area (TPSA) is 110 Å². The minimum absolute atomic E-state index is 0.0911. The van der Waals surface area contributed by atoms with Gasteiger partial charge in [0.25, 0.3) is 0 Å². The first kappa shape index (κ1) is 17.7. The highest BCUT2D eigenvalue weighted by atomic mass is 32.2. The van der Waals surface area contributed by atoms with Gasteiger partial charge in [0, 0.05) is 38.2 Å². The van der Waals surface area contributed by atoms with E-state index in [0.29, 0.717) is 38.1 Å². The van der Waals surface area contributed by atoms with Crippen molar-refractivity contribution >= 4 is 21.8 Å². The quantitative estimate of drug-likeness (QED) is 0.640. The summed E-state index contributed by atoms with van der Waals surface area (Å²) >= 11 is 0. The first-order valence-corrected chi connectivity index (χ1v) is 9.82. The molecule has 0 spiro atoms. The fourth-order valence-electron chi connectivity index (χ4n) is 2.95. The molecule has 2 aliphatic rings. The van der Waals surface area contributed by atoms with Gasteiger partial charge >= 0.3 is 0 Å². The standard InChI is InChI=1S/C15H20N4O5S/c20-14-4-1-5-15(21)19(14)9-10-25(22,23)18-8-6-12(11-18)24-13-3-2-7-16-17-13/h2-3,7,12H,1,4-6,8-11H2. The predicted molar refractivity (Wildman–Crippen MR) is 87.0 cm³/mol. The zero-order valence-electron chi connectivity index (χ0n) is 13.7. The number of hydrogen-bond donors (Lipinski definition) is 0. The fourth-order valence-corrected chi connectivity index (χ4v) is 4.40. The minimum atomic E-state index is -3.56. The molecule has 25 heavy (non-hydrogen) atoms. The summed E-state index contributed by atoms with van der Waals surface area (Å²) in [4.78, 5) is 24.6. The van der Waals surface area contributed by atoms with Crippen LogP contribution in [0.3, 0.4) is 0 Å². The molecule has 136 valence electrons. The molecule has 0 bridgehead atoms. The lowest BCUT2D eigenvalue weighted by molar-refractivity contribution is -0.147. The average molecular weight is 368 g/mol. The molecule has 9 nitrogen and oxygen atoms in total. The van der Waals surface area contributed by atoms with Crippen molar-refractivity contribution in [2.24, 2.45) is 0 Å². The third-order valence-corrected chi connectivity index (χ3v) is 6.11. The molecule has 1 aromatic rings. The van der Waals surface area contributed by atoms with Crippen LogP contribution in [0.1, 0.15) is 25.7 Å². The third kappa shape index (κ3) is 4.31. The largest absolute Gasteiger partial charge is 0.472 e. The van der Waals surface area contributed by atoms with E-state index in [9.17, 15) is 18.0 Å². The number of amides is 2. The number of carbonyl (C=O) groups is 2. The average Bonchev–Trinajstić information content (AvgIpc) is 3.05. The molecule has 0 saturated carbocycles. The van der Waals surface area contributed by atoms with Crippen LogP contribution < -0.4 is 4.74 Å². The van der Waals surface area contributed by atoms with Gasteiger partial charge in [0.15, 0.2) is 0 Å². The molecule has 0 aliphatic carbocycles. The second kappa shape index (κ2) is 7.44. The molecule has 0 aromatic carbocycles. The lowest BCUT2D eigenvalue weighted by Gasteiger charge is -2.25. The molecule has 0 N–H and O–H groups in total. The number of carbonyl (C=O) groups excluding carboxylic acids is 2. The second-order valence-electron chi connectivity index (χ2n) is 6.06. The fraction of sp³-hybridized carbons (Fsp3) is 0.600.